The van der Waals surface area contributed by atoms with Crippen molar-refractivity contribution in [2.75, 3.05) is 25.2 Å². The first-order valence-corrected chi connectivity index (χ1v) is 14.3. The molecule has 3 aromatic rings. The maximum Gasteiger partial charge on any atom is 0.308 e. The number of para-hydroxylation sites is 1. The van der Waals surface area contributed by atoms with Crippen LogP contribution in [0.3, 0.4) is 0 Å². The van der Waals surface area contributed by atoms with Crippen LogP contribution in [0.1, 0.15) is 68.8 Å². The van der Waals surface area contributed by atoms with Crippen LogP contribution in [0.2, 0.25) is 0 Å². The summed E-state index contributed by atoms with van der Waals surface area (Å²) >= 11 is 0. The first-order valence-electron chi connectivity index (χ1n) is 14.3. The molecule has 2 aromatic carbocycles. The smallest absolute Gasteiger partial charge is 0.308 e. The number of allylic oxidation sites excluding steroid dienone is 1. The monoisotopic (exact) mass is 564 g/mol. The number of carbonyl (C=O) groups is 1. The van der Waals surface area contributed by atoms with Crippen molar-refractivity contribution < 1.29 is 28.9 Å². The summed E-state index contributed by atoms with van der Waals surface area (Å²) in [5.41, 5.74) is 4.99. The van der Waals surface area contributed by atoms with E-state index in [0.29, 0.717) is 12.2 Å². The number of methoxy groups -OCH3 is 1. The number of aliphatic hydroxyl groups excluding tert-OH is 2. The van der Waals surface area contributed by atoms with Crippen molar-refractivity contribution in [3.05, 3.63) is 83.1 Å². The summed E-state index contributed by atoms with van der Waals surface area (Å²) in [6, 6.07) is 14.1. The van der Waals surface area contributed by atoms with E-state index in [9.17, 15) is 19.4 Å². The van der Waals surface area contributed by atoms with Gasteiger partial charge in [-0.25, -0.2) is 4.39 Å². The molecule has 0 radical (unpaired) electrons. The SMILES string of the molecule is COC(=O)CC(O)C/C(O)=C/Cc1c(-c2ccc(F)c(Oc3ccccc3)c2)c(C)n(N2CCCCC2)c1C(C)C. The maximum atomic E-state index is 14.9. The van der Waals surface area contributed by atoms with Crippen LogP contribution in [0.25, 0.3) is 11.1 Å². The van der Waals surface area contributed by atoms with Crippen LogP contribution in [-0.4, -0.2) is 47.2 Å². The molecule has 0 spiro atoms. The molecule has 0 amide bonds. The van der Waals surface area contributed by atoms with Gasteiger partial charge in [0.15, 0.2) is 11.6 Å². The molecule has 7 nitrogen and oxygen atoms in total. The van der Waals surface area contributed by atoms with Crippen LogP contribution in [0.4, 0.5) is 4.39 Å². The van der Waals surface area contributed by atoms with Crippen LogP contribution in [0.15, 0.2) is 60.4 Å². The summed E-state index contributed by atoms with van der Waals surface area (Å²) in [6.45, 7) is 8.28. The zero-order chi connectivity index (χ0) is 29.5. The van der Waals surface area contributed by atoms with Crippen molar-refractivity contribution in [3.8, 4) is 22.6 Å². The summed E-state index contributed by atoms with van der Waals surface area (Å²) in [7, 11) is 1.26. The highest BCUT2D eigenvalue weighted by molar-refractivity contribution is 5.74. The summed E-state index contributed by atoms with van der Waals surface area (Å²) < 4.78 is 27.8. The minimum atomic E-state index is -1.04. The molecule has 0 aliphatic carbocycles. The van der Waals surface area contributed by atoms with Gasteiger partial charge in [-0.3, -0.25) is 9.47 Å². The molecule has 1 aliphatic heterocycles. The Morgan fingerprint density at radius 1 is 1.07 bits per heavy atom. The quantitative estimate of drug-likeness (QED) is 0.194. The lowest BCUT2D eigenvalue weighted by atomic mass is 9.94. The largest absolute Gasteiger partial charge is 0.513 e. The third-order valence-corrected chi connectivity index (χ3v) is 7.49. The minimum absolute atomic E-state index is 0.00218. The number of ether oxygens (including phenoxy) is 2. The topological polar surface area (TPSA) is 84.2 Å². The molecule has 1 unspecified atom stereocenters. The lowest BCUT2D eigenvalue weighted by molar-refractivity contribution is -0.142. The molecule has 1 atom stereocenters. The fraction of sp³-hybridized carbons (Fsp3) is 0.424. The predicted octanol–water partition coefficient (Wildman–Crippen LogP) is 6.94. The van der Waals surface area contributed by atoms with Crippen molar-refractivity contribution in [2.45, 2.75) is 71.3 Å². The van der Waals surface area contributed by atoms with Gasteiger partial charge in [-0.2, -0.15) is 0 Å². The van der Waals surface area contributed by atoms with Crippen molar-refractivity contribution in [1.82, 2.24) is 4.68 Å². The Morgan fingerprint density at radius 3 is 2.44 bits per heavy atom. The second kappa shape index (κ2) is 13.7. The fourth-order valence-electron chi connectivity index (χ4n) is 5.63. The van der Waals surface area contributed by atoms with E-state index in [1.165, 1.54) is 19.6 Å². The van der Waals surface area contributed by atoms with E-state index in [-0.39, 0.29) is 30.3 Å². The molecule has 220 valence electrons. The van der Waals surface area contributed by atoms with Crippen LogP contribution in [-0.2, 0) is 16.0 Å². The Morgan fingerprint density at radius 2 is 1.78 bits per heavy atom. The maximum absolute atomic E-state index is 14.9. The van der Waals surface area contributed by atoms with Crippen molar-refractivity contribution in [2.24, 2.45) is 0 Å². The second-order valence-corrected chi connectivity index (χ2v) is 10.9. The average Bonchev–Trinajstić information content (AvgIpc) is 3.26. The molecule has 0 bridgehead atoms. The third-order valence-electron chi connectivity index (χ3n) is 7.49. The van der Waals surface area contributed by atoms with Gasteiger partial charge in [0.2, 0.25) is 0 Å². The Balaban J connectivity index is 1.78. The molecular weight excluding hydrogens is 523 g/mol. The first kappa shape index (κ1) is 30.2. The molecule has 4 rings (SSSR count). The Kier molecular flexibility index (Phi) is 10.1. The van der Waals surface area contributed by atoms with Crippen LogP contribution < -0.4 is 9.75 Å². The van der Waals surface area contributed by atoms with Crippen molar-refractivity contribution in [3.63, 3.8) is 0 Å². The highest BCUT2D eigenvalue weighted by Gasteiger charge is 2.27. The number of nitrogens with zero attached hydrogens (tertiary/aromatic N) is 2. The van der Waals surface area contributed by atoms with Gasteiger partial charge in [0.1, 0.15) is 5.75 Å². The summed E-state index contributed by atoms with van der Waals surface area (Å²) in [4.78, 5) is 11.5. The molecule has 1 saturated heterocycles. The van der Waals surface area contributed by atoms with E-state index < -0.39 is 17.9 Å². The molecule has 1 fully saturated rings. The van der Waals surface area contributed by atoms with Gasteiger partial charge in [-0.05, 0) is 80.0 Å². The van der Waals surface area contributed by atoms with E-state index in [1.807, 2.05) is 18.2 Å². The molecule has 41 heavy (non-hydrogen) atoms. The van der Waals surface area contributed by atoms with Crippen molar-refractivity contribution >= 4 is 5.97 Å². The van der Waals surface area contributed by atoms with Gasteiger partial charge in [-0.15, -0.1) is 0 Å². The number of rotatable bonds is 11. The first-order chi connectivity index (χ1) is 19.7. The summed E-state index contributed by atoms with van der Waals surface area (Å²) in [5, 5.41) is 23.3. The Hall–Kier alpha value is -3.78. The van der Waals surface area contributed by atoms with Gasteiger partial charge >= 0.3 is 5.97 Å². The van der Waals surface area contributed by atoms with Gasteiger partial charge in [0.25, 0.3) is 0 Å². The Bertz CT molecular complexity index is 1360. The second-order valence-electron chi connectivity index (χ2n) is 10.9. The zero-order valence-corrected chi connectivity index (χ0v) is 24.4. The minimum Gasteiger partial charge on any atom is -0.513 e. The lowest BCUT2D eigenvalue weighted by Gasteiger charge is -2.34. The molecule has 1 aromatic heterocycles. The number of hydrogen-bond acceptors (Lipinski definition) is 6. The van der Waals surface area contributed by atoms with Crippen LogP contribution in [0, 0.1) is 12.7 Å². The van der Waals surface area contributed by atoms with Crippen LogP contribution in [0.5, 0.6) is 11.5 Å². The highest BCUT2D eigenvalue weighted by Crippen LogP contribution is 2.40. The lowest BCUT2D eigenvalue weighted by Crippen LogP contribution is -2.41. The summed E-state index contributed by atoms with van der Waals surface area (Å²) in [5.74, 6) is -0.131. The number of piperidine rings is 1. The highest BCUT2D eigenvalue weighted by atomic mass is 19.1. The van der Waals surface area contributed by atoms with Gasteiger partial charge < -0.3 is 24.7 Å². The number of halogens is 1. The predicted molar refractivity (Wildman–Crippen MR) is 159 cm³/mol. The van der Waals surface area contributed by atoms with E-state index in [2.05, 4.69) is 35.2 Å². The molecule has 1 aliphatic rings. The summed E-state index contributed by atoms with van der Waals surface area (Å²) in [6.07, 6.45) is 4.23. The van der Waals surface area contributed by atoms with E-state index in [0.717, 1.165) is 54.0 Å². The number of benzene rings is 2. The average molecular weight is 565 g/mol. The Labute approximate surface area is 241 Å². The standard InChI is InChI=1S/C33H41FN2O5/c1-22(2)33-28(15-14-25(37)20-26(38)21-31(39)40-4)32(23(3)36(33)35-17-9-6-10-18-35)24-13-16-29(34)30(19-24)41-27-11-7-5-8-12-27/h5,7-8,11-14,16,19,22,26,37-38H,6,9-10,15,17-18,20-21H2,1-4H3/b25-14-. The normalized spacial score (nSPS) is 14.8. The van der Waals surface area contributed by atoms with Crippen LogP contribution >= 0.6 is 0 Å². The molecule has 2 heterocycles. The van der Waals surface area contributed by atoms with E-state index >= 15 is 0 Å². The molecule has 8 heteroatoms. The number of aromatic nitrogens is 1. The fourth-order valence-corrected chi connectivity index (χ4v) is 5.63. The van der Waals surface area contributed by atoms with E-state index in [1.54, 1.807) is 30.3 Å². The van der Waals surface area contributed by atoms with E-state index in [4.69, 9.17) is 4.74 Å². The molecular formula is C33H41FN2O5. The number of esters is 1. The molecule has 0 saturated carbocycles. The number of hydrogen-bond donors (Lipinski definition) is 2. The number of aliphatic hydroxyl groups is 2. The van der Waals surface area contributed by atoms with Crippen molar-refractivity contribution in [1.29, 1.82) is 0 Å². The molecule has 2 N–H and O–H groups in total. The zero-order valence-electron chi connectivity index (χ0n) is 24.4. The third kappa shape index (κ3) is 7.30. The van der Waals surface area contributed by atoms with Gasteiger partial charge in [-0.1, -0.05) is 38.1 Å². The van der Waals surface area contributed by atoms with Gasteiger partial charge in [0, 0.05) is 36.5 Å². The van der Waals surface area contributed by atoms with Gasteiger partial charge in [0.05, 0.1) is 25.4 Å². The number of carbonyl (C=O) groups excluding carboxylic acids is 1.